The van der Waals surface area contributed by atoms with Gasteiger partial charge in [0.25, 0.3) is 5.91 Å². The molecule has 1 aromatic rings. The molecule has 0 atom stereocenters. The molecule has 0 bridgehead atoms. The third-order valence-corrected chi connectivity index (χ3v) is 1.63. The smallest absolute Gasteiger partial charge is 0.294 e. The number of aromatic nitrogens is 2. The molecule has 0 aliphatic rings. The van der Waals surface area contributed by atoms with Gasteiger partial charge in [0.1, 0.15) is 5.69 Å². The van der Waals surface area contributed by atoms with E-state index in [2.05, 4.69) is 15.3 Å². The fraction of sp³-hybridized carbons (Fsp3) is 0.500. The summed E-state index contributed by atoms with van der Waals surface area (Å²) in [6, 6.07) is 0.302. The van der Waals surface area contributed by atoms with Crippen molar-refractivity contribution in [2.75, 3.05) is 7.11 Å². The first-order valence-corrected chi connectivity index (χ1v) is 4.02. The molecule has 0 spiro atoms. The van der Waals surface area contributed by atoms with Crippen molar-refractivity contribution >= 4 is 5.91 Å². The van der Waals surface area contributed by atoms with Crippen LogP contribution in [-0.2, 0) is 4.84 Å². The standard InChI is InChI=1S/C8H13N3O2/c1-6(2)11-4-7(9-5-11)8(12)10-13-3/h4-6H,1-3H3,(H,10,12). The summed E-state index contributed by atoms with van der Waals surface area (Å²) in [4.78, 5) is 19.6. The zero-order valence-electron chi connectivity index (χ0n) is 7.94. The van der Waals surface area contributed by atoms with Crippen LogP contribution in [0.5, 0.6) is 0 Å². The maximum atomic E-state index is 11.2. The summed E-state index contributed by atoms with van der Waals surface area (Å²) >= 11 is 0. The number of hydrogen-bond acceptors (Lipinski definition) is 3. The van der Waals surface area contributed by atoms with Gasteiger partial charge in [-0.05, 0) is 13.8 Å². The molecule has 0 saturated carbocycles. The summed E-state index contributed by atoms with van der Waals surface area (Å²) < 4.78 is 1.85. The van der Waals surface area contributed by atoms with Gasteiger partial charge in [-0.15, -0.1) is 0 Å². The van der Waals surface area contributed by atoms with E-state index in [0.717, 1.165) is 0 Å². The van der Waals surface area contributed by atoms with Crippen LogP contribution in [-0.4, -0.2) is 22.6 Å². The highest BCUT2D eigenvalue weighted by Crippen LogP contribution is 2.04. The third-order valence-electron chi connectivity index (χ3n) is 1.63. The lowest BCUT2D eigenvalue weighted by atomic mass is 10.4. The highest BCUT2D eigenvalue weighted by molar-refractivity contribution is 5.91. The Balaban J connectivity index is 2.73. The summed E-state index contributed by atoms with van der Waals surface area (Å²) in [5.74, 6) is -0.332. The van der Waals surface area contributed by atoms with E-state index in [1.165, 1.54) is 7.11 Å². The molecule has 0 radical (unpaired) electrons. The minimum absolute atomic E-state index is 0.302. The number of carbonyl (C=O) groups is 1. The Morgan fingerprint density at radius 3 is 2.85 bits per heavy atom. The van der Waals surface area contributed by atoms with Crippen LogP contribution >= 0.6 is 0 Å². The SMILES string of the molecule is CONC(=O)c1cn(C(C)C)cn1. The molecule has 0 saturated heterocycles. The predicted octanol–water partition coefficient (Wildman–Crippen LogP) is 0.755. The van der Waals surface area contributed by atoms with Gasteiger partial charge >= 0.3 is 0 Å². The minimum Gasteiger partial charge on any atom is -0.334 e. The molecule has 0 aliphatic heterocycles. The largest absolute Gasteiger partial charge is 0.334 e. The number of hydrogen-bond donors (Lipinski definition) is 1. The lowest BCUT2D eigenvalue weighted by molar-refractivity contribution is 0.0533. The Morgan fingerprint density at radius 2 is 2.38 bits per heavy atom. The monoisotopic (exact) mass is 183 g/mol. The predicted molar refractivity (Wildman–Crippen MR) is 47.1 cm³/mol. The Hall–Kier alpha value is -1.36. The molecule has 0 aromatic carbocycles. The summed E-state index contributed by atoms with van der Waals surface area (Å²) in [6.45, 7) is 4.03. The Kier molecular flexibility index (Phi) is 3.02. The first-order valence-electron chi connectivity index (χ1n) is 4.02. The first kappa shape index (κ1) is 9.73. The maximum Gasteiger partial charge on any atom is 0.294 e. The highest BCUT2D eigenvalue weighted by Gasteiger charge is 2.09. The van der Waals surface area contributed by atoms with E-state index in [0.29, 0.717) is 11.7 Å². The van der Waals surface area contributed by atoms with Crippen molar-refractivity contribution in [3.8, 4) is 0 Å². The average Bonchev–Trinajstić information content (AvgIpc) is 2.52. The van der Waals surface area contributed by atoms with Gasteiger partial charge in [-0.1, -0.05) is 0 Å². The molecular weight excluding hydrogens is 170 g/mol. The van der Waals surface area contributed by atoms with Crippen LogP contribution in [0.25, 0.3) is 0 Å². The molecule has 1 heterocycles. The van der Waals surface area contributed by atoms with E-state index in [4.69, 9.17) is 0 Å². The zero-order valence-corrected chi connectivity index (χ0v) is 7.94. The van der Waals surface area contributed by atoms with Crippen LogP contribution in [0, 0.1) is 0 Å². The van der Waals surface area contributed by atoms with E-state index in [1.807, 2.05) is 18.4 Å². The van der Waals surface area contributed by atoms with E-state index < -0.39 is 0 Å². The van der Waals surface area contributed by atoms with E-state index >= 15 is 0 Å². The van der Waals surface area contributed by atoms with Gasteiger partial charge < -0.3 is 4.57 Å². The molecule has 1 rings (SSSR count). The summed E-state index contributed by atoms with van der Waals surface area (Å²) in [7, 11) is 1.39. The summed E-state index contributed by atoms with van der Waals surface area (Å²) in [5.41, 5.74) is 2.56. The van der Waals surface area contributed by atoms with Crippen molar-refractivity contribution in [3.05, 3.63) is 18.2 Å². The van der Waals surface area contributed by atoms with Crippen molar-refractivity contribution < 1.29 is 9.63 Å². The van der Waals surface area contributed by atoms with Crippen LogP contribution in [0.1, 0.15) is 30.4 Å². The third kappa shape index (κ3) is 2.29. The van der Waals surface area contributed by atoms with Crippen LogP contribution < -0.4 is 5.48 Å². The molecule has 5 nitrogen and oxygen atoms in total. The summed E-state index contributed by atoms with van der Waals surface area (Å²) in [5, 5.41) is 0. The second kappa shape index (κ2) is 4.04. The van der Waals surface area contributed by atoms with E-state index in [9.17, 15) is 4.79 Å². The van der Waals surface area contributed by atoms with E-state index in [-0.39, 0.29) is 5.91 Å². The zero-order chi connectivity index (χ0) is 9.84. The van der Waals surface area contributed by atoms with Crippen LogP contribution in [0.3, 0.4) is 0 Å². The Bertz CT molecular complexity index is 293. The van der Waals surface area contributed by atoms with E-state index in [1.54, 1.807) is 12.5 Å². The number of hydroxylamine groups is 1. The average molecular weight is 183 g/mol. The molecule has 1 amide bonds. The highest BCUT2D eigenvalue weighted by atomic mass is 16.6. The van der Waals surface area contributed by atoms with Gasteiger partial charge in [0, 0.05) is 12.2 Å². The topological polar surface area (TPSA) is 56.1 Å². The van der Waals surface area contributed by atoms with Crippen LogP contribution in [0.15, 0.2) is 12.5 Å². The molecule has 13 heavy (non-hydrogen) atoms. The van der Waals surface area contributed by atoms with Gasteiger partial charge in [0.15, 0.2) is 0 Å². The van der Waals surface area contributed by atoms with Crippen molar-refractivity contribution in [2.24, 2.45) is 0 Å². The number of carbonyl (C=O) groups excluding carboxylic acids is 1. The van der Waals surface area contributed by atoms with Gasteiger partial charge in [0.05, 0.1) is 13.4 Å². The van der Waals surface area contributed by atoms with Crippen molar-refractivity contribution in [1.82, 2.24) is 15.0 Å². The molecule has 5 heteroatoms. The second-order valence-electron chi connectivity index (χ2n) is 2.94. The fourth-order valence-electron chi connectivity index (χ4n) is 0.881. The maximum absolute atomic E-state index is 11.2. The molecule has 0 aliphatic carbocycles. The van der Waals surface area contributed by atoms with Crippen molar-refractivity contribution in [1.29, 1.82) is 0 Å². The van der Waals surface area contributed by atoms with Gasteiger partial charge in [0.2, 0.25) is 0 Å². The van der Waals surface area contributed by atoms with Gasteiger partial charge in [-0.25, -0.2) is 10.5 Å². The Labute approximate surface area is 76.7 Å². The lowest BCUT2D eigenvalue weighted by Crippen LogP contribution is -2.22. The molecule has 1 N–H and O–H groups in total. The lowest BCUT2D eigenvalue weighted by Gasteiger charge is -2.03. The molecule has 0 unspecified atom stereocenters. The molecule has 1 aromatic heterocycles. The molecular formula is C8H13N3O2. The normalized spacial score (nSPS) is 10.5. The number of nitrogens with one attached hydrogen (secondary N) is 1. The van der Waals surface area contributed by atoms with Crippen molar-refractivity contribution in [3.63, 3.8) is 0 Å². The quantitative estimate of drug-likeness (QED) is 0.704. The number of rotatable bonds is 3. The molecule has 72 valence electrons. The van der Waals surface area contributed by atoms with Crippen molar-refractivity contribution in [2.45, 2.75) is 19.9 Å². The first-order chi connectivity index (χ1) is 6.15. The molecule has 0 fully saturated rings. The Morgan fingerprint density at radius 1 is 1.69 bits per heavy atom. The number of nitrogens with zero attached hydrogens (tertiary/aromatic N) is 2. The fourth-order valence-corrected chi connectivity index (χ4v) is 0.881. The number of amides is 1. The second-order valence-corrected chi connectivity index (χ2v) is 2.94. The number of imidazole rings is 1. The van der Waals surface area contributed by atoms with Crippen LogP contribution in [0.4, 0.5) is 0 Å². The summed E-state index contributed by atoms with van der Waals surface area (Å²) in [6.07, 6.45) is 3.30. The van der Waals surface area contributed by atoms with Gasteiger partial charge in [-0.3, -0.25) is 9.63 Å². The van der Waals surface area contributed by atoms with Crippen LogP contribution in [0.2, 0.25) is 0 Å². The van der Waals surface area contributed by atoms with Gasteiger partial charge in [-0.2, -0.15) is 0 Å². The minimum atomic E-state index is -0.332.